The molecule has 11 heteroatoms. The van der Waals surface area contributed by atoms with E-state index in [4.69, 9.17) is 4.74 Å². The van der Waals surface area contributed by atoms with Crippen LogP contribution >= 0.6 is 0 Å². The molecule has 0 N–H and O–H groups in total. The molecule has 27 heavy (non-hydrogen) atoms. The number of carbonyl (C=O) groups excluding carboxylic acids is 3. The molecule has 0 spiro atoms. The number of aliphatic carboxylic acids is 1. The Morgan fingerprint density at radius 1 is 1.41 bits per heavy atom. The summed E-state index contributed by atoms with van der Waals surface area (Å²) in [5, 5.41) is 10.1. The number of ether oxygens (including phenoxy) is 1. The molecule has 1 saturated heterocycles. The van der Waals surface area contributed by atoms with Crippen LogP contribution in [-0.4, -0.2) is 53.9 Å². The first-order valence-electron chi connectivity index (χ1n) is 7.47. The number of nitrogens with zero attached hydrogens (tertiary/aromatic N) is 2. The zero-order chi connectivity index (χ0) is 19.1. The van der Waals surface area contributed by atoms with E-state index in [1.807, 2.05) is 0 Å². The number of hydrogen-bond acceptors (Lipinski definition) is 8. The van der Waals surface area contributed by atoms with Crippen molar-refractivity contribution in [2.24, 2.45) is 0 Å². The maximum Gasteiger partial charge on any atom is 1.00 e. The first-order chi connectivity index (χ1) is 12.2. The van der Waals surface area contributed by atoms with Crippen molar-refractivity contribution < 1.29 is 62.2 Å². The third kappa shape index (κ3) is 3.98. The van der Waals surface area contributed by atoms with Crippen LogP contribution in [0.15, 0.2) is 41.2 Å². The summed E-state index contributed by atoms with van der Waals surface area (Å²) in [6, 6.07) is 4.91. The molecule has 0 unspecified atom stereocenters. The average molecular weight is 400 g/mol. The molecule has 0 bridgehead atoms. The number of aromatic nitrogens is 1. The molecule has 3 heterocycles. The quantitative estimate of drug-likeness (QED) is 0.214. The van der Waals surface area contributed by atoms with E-state index in [2.05, 4.69) is 4.98 Å². The molecule has 3 rings (SSSR count). The van der Waals surface area contributed by atoms with Gasteiger partial charge in [-0.3, -0.25) is 19.5 Å². The predicted octanol–water partition coefficient (Wildman–Crippen LogP) is -4.37. The fourth-order valence-corrected chi connectivity index (χ4v) is 4.79. The summed E-state index contributed by atoms with van der Waals surface area (Å²) >= 11 is 0. The number of amides is 1. The molecule has 9 nitrogen and oxygen atoms in total. The molecule has 1 fully saturated rings. The predicted molar refractivity (Wildman–Crippen MR) is 85.3 cm³/mol. The molecule has 2 aliphatic rings. The number of carbonyl (C=O) groups is 3. The van der Waals surface area contributed by atoms with Crippen LogP contribution < -0.4 is 34.7 Å². The maximum atomic E-state index is 12.6. The summed E-state index contributed by atoms with van der Waals surface area (Å²) in [5.41, 5.74) is -0.486. The van der Waals surface area contributed by atoms with Crippen LogP contribution in [0.3, 0.4) is 0 Å². The Labute approximate surface area is 176 Å². The van der Waals surface area contributed by atoms with Crippen molar-refractivity contribution in [2.45, 2.75) is 12.3 Å². The van der Waals surface area contributed by atoms with Gasteiger partial charge in [-0.05, 0) is 18.2 Å². The SMILES string of the molecule is CC(=O)OCC1=C(C(=O)[O-])N2C(=O)/C(=C/c3ccccn3)[C@H]2S(=O)(=O)C1.[Na+]. The second kappa shape index (κ2) is 7.93. The van der Waals surface area contributed by atoms with Crippen LogP contribution in [0, 0.1) is 0 Å². The van der Waals surface area contributed by atoms with Gasteiger partial charge in [0.15, 0.2) is 15.2 Å². The topological polar surface area (TPSA) is 134 Å². The Kier molecular flexibility index (Phi) is 6.25. The zero-order valence-corrected chi connectivity index (χ0v) is 17.4. The van der Waals surface area contributed by atoms with Gasteiger partial charge in [-0.1, -0.05) is 6.07 Å². The van der Waals surface area contributed by atoms with Crippen molar-refractivity contribution >= 4 is 33.8 Å². The van der Waals surface area contributed by atoms with Gasteiger partial charge in [0, 0.05) is 18.7 Å². The Bertz CT molecular complexity index is 970. The van der Waals surface area contributed by atoms with Crippen molar-refractivity contribution in [1.82, 2.24) is 9.88 Å². The van der Waals surface area contributed by atoms with Crippen LogP contribution in [0.5, 0.6) is 0 Å². The van der Waals surface area contributed by atoms with Gasteiger partial charge >= 0.3 is 35.5 Å². The Balaban J connectivity index is 0.00000261. The zero-order valence-electron chi connectivity index (χ0n) is 14.5. The standard InChI is InChI=1S/C16H14N2O7S.Na/c1-9(19)25-7-10-8-26(23,24)15-12(6-11-4-2-3-5-17-11)14(20)18(15)13(10)16(21)22;/h2-6,15H,7-8H2,1H3,(H,21,22);/q;+1/p-1/b12-6-;/t15-;/m1./s1. The van der Waals surface area contributed by atoms with Gasteiger partial charge in [0.05, 0.1) is 28.7 Å². The van der Waals surface area contributed by atoms with E-state index in [1.165, 1.54) is 12.3 Å². The molecular formula is C16H13N2NaO7S. The molecule has 1 amide bonds. The summed E-state index contributed by atoms with van der Waals surface area (Å²) in [7, 11) is -3.92. The molecule has 0 aliphatic carbocycles. The fraction of sp³-hybridized carbons (Fsp3) is 0.250. The van der Waals surface area contributed by atoms with Gasteiger partial charge in [0.2, 0.25) is 0 Å². The van der Waals surface area contributed by atoms with Crippen molar-refractivity contribution in [3.8, 4) is 0 Å². The van der Waals surface area contributed by atoms with Gasteiger partial charge in [0.1, 0.15) is 6.61 Å². The first kappa shape index (κ1) is 21.3. The van der Waals surface area contributed by atoms with Crippen molar-refractivity contribution in [3.63, 3.8) is 0 Å². The van der Waals surface area contributed by atoms with Gasteiger partial charge < -0.3 is 14.6 Å². The third-order valence-electron chi connectivity index (χ3n) is 3.89. The summed E-state index contributed by atoms with van der Waals surface area (Å²) in [4.78, 5) is 39.5. The van der Waals surface area contributed by atoms with Crippen LogP contribution in [0.1, 0.15) is 12.6 Å². The Hall–Kier alpha value is -2.01. The van der Waals surface area contributed by atoms with Crippen LogP contribution in [-0.2, 0) is 29.0 Å². The molecule has 0 radical (unpaired) electrons. The molecule has 1 aromatic heterocycles. The van der Waals surface area contributed by atoms with E-state index < -0.39 is 51.1 Å². The van der Waals surface area contributed by atoms with E-state index in [-0.39, 0.29) is 40.7 Å². The van der Waals surface area contributed by atoms with Crippen LogP contribution in [0.25, 0.3) is 6.08 Å². The number of esters is 1. The van der Waals surface area contributed by atoms with E-state index in [0.717, 1.165) is 6.92 Å². The van der Waals surface area contributed by atoms with Gasteiger partial charge in [0.25, 0.3) is 5.91 Å². The van der Waals surface area contributed by atoms with Crippen LogP contribution in [0.4, 0.5) is 0 Å². The van der Waals surface area contributed by atoms with Gasteiger partial charge in [-0.15, -0.1) is 0 Å². The average Bonchev–Trinajstić information content (AvgIpc) is 2.57. The Morgan fingerprint density at radius 2 is 2.11 bits per heavy atom. The fourth-order valence-electron chi connectivity index (χ4n) is 2.85. The number of rotatable bonds is 4. The van der Waals surface area contributed by atoms with E-state index in [1.54, 1.807) is 18.2 Å². The molecule has 1 aromatic rings. The second-order valence-corrected chi connectivity index (χ2v) is 7.77. The largest absolute Gasteiger partial charge is 1.00 e. The summed E-state index contributed by atoms with van der Waals surface area (Å²) in [5.74, 6) is -3.85. The minimum absolute atomic E-state index is 0. The van der Waals surface area contributed by atoms with E-state index in [9.17, 15) is 27.9 Å². The number of hydrogen-bond donors (Lipinski definition) is 0. The summed E-state index contributed by atoms with van der Waals surface area (Å²) in [6.07, 6.45) is 2.79. The molecule has 136 valence electrons. The van der Waals surface area contributed by atoms with Crippen molar-refractivity contribution in [1.29, 1.82) is 0 Å². The number of pyridine rings is 1. The molecule has 1 atom stereocenters. The van der Waals surface area contributed by atoms with E-state index in [0.29, 0.717) is 10.6 Å². The monoisotopic (exact) mass is 400 g/mol. The summed E-state index contributed by atoms with van der Waals surface area (Å²) in [6.45, 7) is 0.551. The molecular weight excluding hydrogens is 387 g/mol. The molecule has 0 aromatic carbocycles. The Morgan fingerprint density at radius 3 is 2.67 bits per heavy atom. The smallest absolute Gasteiger partial charge is 0.543 e. The first-order valence-corrected chi connectivity index (χ1v) is 9.18. The van der Waals surface area contributed by atoms with Gasteiger partial charge in [-0.25, -0.2) is 8.42 Å². The number of β-lactam (4-membered cyclic amide) rings is 1. The van der Waals surface area contributed by atoms with E-state index >= 15 is 0 Å². The second-order valence-electron chi connectivity index (χ2n) is 5.71. The molecule has 2 aliphatic heterocycles. The third-order valence-corrected chi connectivity index (χ3v) is 5.79. The molecule has 0 saturated carbocycles. The minimum Gasteiger partial charge on any atom is -0.543 e. The number of carboxylic acid groups (broad SMARTS) is 1. The number of carboxylic acids is 1. The van der Waals surface area contributed by atoms with Crippen molar-refractivity contribution in [2.75, 3.05) is 12.4 Å². The number of sulfone groups is 1. The normalized spacial score (nSPS) is 21.8. The summed E-state index contributed by atoms with van der Waals surface area (Å²) < 4.78 is 29.8. The van der Waals surface area contributed by atoms with Crippen LogP contribution in [0.2, 0.25) is 0 Å². The minimum atomic E-state index is -3.92. The maximum absolute atomic E-state index is 12.6. The van der Waals surface area contributed by atoms with Crippen molar-refractivity contribution in [3.05, 3.63) is 46.9 Å². The van der Waals surface area contributed by atoms with Gasteiger partial charge in [-0.2, -0.15) is 0 Å². The number of fused-ring (bicyclic) bond motifs is 1.